The molecular weight excluding hydrogens is 662 g/mol. The molecule has 0 saturated heterocycles. The number of nitrogens with zero attached hydrogens (tertiary/aromatic N) is 4. The zero-order valence-electron chi connectivity index (χ0n) is 28.1. The molecule has 258 valence electrons. The molecule has 11 heteroatoms. The van der Waals surface area contributed by atoms with Gasteiger partial charge >= 0.3 is 0 Å². The molecule has 0 N–H and O–H groups in total. The van der Waals surface area contributed by atoms with Crippen LogP contribution in [-0.4, -0.2) is 48.1 Å². The standard InChI is InChI=1S/C39H37F2N4O4.ClH/c1-24-14-33-35(15-25(24)2)45(22-42-33)11-10-43(20-28-4-6-29(40)18-32(28)41)12-13-47-39-31-21-44-9-8-27-17-37-38(49-23-48-37)19-30(27)34(44)16-26(31)5-7-36(39)46-3;/h4-7,14-19,21-22H,8-13,20,23H2,1-3H3;1H/q+1;/p-1. The summed E-state index contributed by atoms with van der Waals surface area (Å²) >= 11 is 0. The van der Waals surface area contributed by atoms with Crippen LogP contribution in [0.15, 0.2) is 73.2 Å². The third-order valence-corrected chi connectivity index (χ3v) is 9.75. The smallest absolute Gasteiger partial charge is 0.231 e. The minimum atomic E-state index is -0.593. The number of benzene rings is 4. The Morgan fingerprint density at radius 2 is 1.78 bits per heavy atom. The molecule has 0 unspecified atom stereocenters. The lowest BCUT2D eigenvalue weighted by molar-refractivity contribution is -0.686. The second kappa shape index (κ2) is 13.8. The van der Waals surface area contributed by atoms with Crippen molar-refractivity contribution in [3.05, 3.63) is 107 Å². The van der Waals surface area contributed by atoms with Gasteiger partial charge in [-0.1, -0.05) is 6.07 Å². The SMILES string of the molecule is COc1ccc2cc3[n+](cc2c1OCCN(CCn1cnc2cc(C)c(C)cc21)Cc1ccc(F)cc1F)CCc1cc2c(cc1-3)OCO2.[Cl-]. The number of halogens is 3. The van der Waals surface area contributed by atoms with E-state index < -0.39 is 11.6 Å². The highest BCUT2D eigenvalue weighted by molar-refractivity contribution is 5.91. The summed E-state index contributed by atoms with van der Waals surface area (Å²) in [5.74, 6) is 1.71. The molecule has 0 amide bonds. The number of imidazole rings is 1. The molecule has 2 aromatic heterocycles. The first-order chi connectivity index (χ1) is 23.8. The highest BCUT2D eigenvalue weighted by Gasteiger charge is 2.29. The first kappa shape index (κ1) is 33.6. The Kier molecular flexibility index (Phi) is 9.24. The molecule has 0 bridgehead atoms. The van der Waals surface area contributed by atoms with Gasteiger partial charge in [0.05, 0.1) is 35.4 Å². The molecule has 6 aromatic rings. The van der Waals surface area contributed by atoms with Crippen molar-refractivity contribution in [2.24, 2.45) is 0 Å². The lowest BCUT2D eigenvalue weighted by Gasteiger charge is -2.24. The highest BCUT2D eigenvalue weighted by Crippen LogP contribution is 2.41. The van der Waals surface area contributed by atoms with Crippen molar-refractivity contribution in [2.75, 3.05) is 33.6 Å². The van der Waals surface area contributed by atoms with Gasteiger partial charge in [0.2, 0.25) is 12.5 Å². The normalized spacial score (nSPS) is 13.0. The molecular formula is C39H37ClF2N4O4. The van der Waals surface area contributed by atoms with Crippen LogP contribution in [0.2, 0.25) is 0 Å². The maximum absolute atomic E-state index is 14.8. The van der Waals surface area contributed by atoms with E-state index in [0.29, 0.717) is 49.8 Å². The molecule has 8 nitrogen and oxygen atoms in total. The quantitative estimate of drug-likeness (QED) is 0.202. The first-order valence-corrected chi connectivity index (χ1v) is 16.5. The van der Waals surface area contributed by atoms with E-state index in [1.807, 2.05) is 18.5 Å². The van der Waals surface area contributed by atoms with Gasteiger partial charge in [-0.25, -0.2) is 13.8 Å². The van der Waals surface area contributed by atoms with Crippen LogP contribution in [0, 0.1) is 25.5 Å². The number of pyridine rings is 1. The summed E-state index contributed by atoms with van der Waals surface area (Å²) in [6.07, 6.45) is 4.85. The Morgan fingerprint density at radius 3 is 2.60 bits per heavy atom. The van der Waals surface area contributed by atoms with Crippen LogP contribution < -0.4 is 35.9 Å². The largest absolute Gasteiger partial charge is 1.00 e. The van der Waals surface area contributed by atoms with E-state index >= 15 is 0 Å². The van der Waals surface area contributed by atoms with Crippen LogP contribution in [0.25, 0.3) is 33.1 Å². The third kappa shape index (κ3) is 6.29. The molecule has 2 aliphatic rings. The second-order valence-corrected chi connectivity index (χ2v) is 12.8. The average Bonchev–Trinajstić information content (AvgIpc) is 3.72. The third-order valence-electron chi connectivity index (χ3n) is 9.75. The number of methoxy groups -OCH3 is 1. The van der Waals surface area contributed by atoms with Gasteiger partial charge in [0, 0.05) is 50.3 Å². The molecule has 2 aliphatic heterocycles. The van der Waals surface area contributed by atoms with Gasteiger partial charge in [0.25, 0.3) is 0 Å². The summed E-state index contributed by atoms with van der Waals surface area (Å²) in [6, 6.07) is 18.3. The van der Waals surface area contributed by atoms with E-state index in [4.69, 9.17) is 18.9 Å². The van der Waals surface area contributed by atoms with Crippen LogP contribution in [0.5, 0.6) is 23.0 Å². The zero-order valence-corrected chi connectivity index (χ0v) is 28.9. The average molecular weight is 699 g/mol. The number of rotatable bonds is 10. The number of aromatic nitrogens is 3. The van der Waals surface area contributed by atoms with Crippen molar-refractivity contribution in [1.82, 2.24) is 14.5 Å². The van der Waals surface area contributed by atoms with E-state index in [-0.39, 0.29) is 19.2 Å². The number of ether oxygens (including phenoxy) is 4. The van der Waals surface area contributed by atoms with Crippen molar-refractivity contribution < 1.29 is 44.7 Å². The van der Waals surface area contributed by atoms with Crippen molar-refractivity contribution in [1.29, 1.82) is 0 Å². The first-order valence-electron chi connectivity index (χ1n) is 16.5. The Morgan fingerprint density at radius 1 is 0.960 bits per heavy atom. The van der Waals surface area contributed by atoms with E-state index in [2.05, 4.69) is 69.4 Å². The number of hydrogen-bond acceptors (Lipinski definition) is 6. The van der Waals surface area contributed by atoms with E-state index in [0.717, 1.165) is 63.6 Å². The molecule has 4 heterocycles. The van der Waals surface area contributed by atoms with Gasteiger partial charge in [-0.05, 0) is 78.4 Å². The topological polar surface area (TPSA) is 61.9 Å². The summed E-state index contributed by atoms with van der Waals surface area (Å²) in [5, 5.41) is 1.97. The van der Waals surface area contributed by atoms with Crippen molar-refractivity contribution in [3.8, 4) is 34.3 Å². The summed E-state index contributed by atoms with van der Waals surface area (Å²) < 4.78 is 56.5. The van der Waals surface area contributed by atoms with Gasteiger partial charge in [-0.2, -0.15) is 4.57 Å². The number of hydrogen-bond donors (Lipinski definition) is 0. The fourth-order valence-corrected chi connectivity index (χ4v) is 6.88. The van der Waals surface area contributed by atoms with Crippen LogP contribution >= 0.6 is 0 Å². The molecule has 4 aromatic carbocycles. The van der Waals surface area contributed by atoms with Crippen LogP contribution in [-0.2, 0) is 26.1 Å². The van der Waals surface area contributed by atoms with Crippen LogP contribution in [0.1, 0.15) is 22.3 Å². The van der Waals surface area contributed by atoms with Crippen LogP contribution in [0.3, 0.4) is 0 Å². The van der Waals surface area contributed by atoms with E-state index in [1.54, 1.807) is 7.11 Å². The van der Waals surface area contributed by atoms with E-state index in [1.165, 1.54) is 28.8 Å². The molecule has 0 aliphatic carbocycles. The predicted molar refractivity (Wildman–Crippen MR) is 182 cm³/mol. The lowest BCUT2D eigenvalue weighted by atomic mass is 9.95. The van der Waals surface area contributed by atoms with Crippen molar-refractivity contribution in [2.45, 2.75) is 39.9 Å². The summed E-state index contributed by atoms with van der Waals surface area (Å²) in [4.78, 5) is 6.73. The predicted octanol–water partition coefficient (Wildman–Crippen LogP) is 3.92. The molecule has 0 spiro atoms. The summed E-state index contributed by atoms with van der Waals surface area (Å²) in [7, 11) is 1.64. The van der Waals surface area contributed by atoms with Crippen molar-refractivity contribution in [3.63, 3.8) is 0 Å². The number of fused-ring (bicyclic) bond motifs is 6. The van der Waals surface area contributed by atoms with Gasteiger partial charge in [-0.3, -0.25) is 4.90 Å². The van der Waals surface area contributed by atoms with E-state index in [9.17, 15) is 8.78 Å². The van der Waals surface area contributed by atoms with Gasteiger partial charge in [0.15, 0.2) is 35.7 Å². The molecule has 8 rings (SSSR count). The number of aryl methyl sites for hydroxylation is 4. The zero-order chi connectivity index (χ0) is 33.6. The van der Waals surface area contributed by atoms with Crippen LogP contribution in [0.4, 0.5) is 8.78 Å². The Hall–Kier alpha value is -4.93. The van der Waals surface area contributed by atoms with Gasteiger partial charge in [0.1, 0.15) is 18.2 Å². The Labute approximate surface area is 295 Å². The molecule has 0 fully saturated rings. The molecule has 0 saturated carbocycles. The Balaban J connectivity index is 0.00000392. The van der Waals surface area contributed by atoms with Crippen molar-refractivity contribution >= 4 is 21.8 Å². The monoisotopic (exact) mass is 698 g/mol. The van der Waals surface area contributed by atoms with Gasteiger partial charge in [-0.15, -0.1) is 0 Å². The molecule has 0 atom stereocenters. The van der Waals surface area contributed by atoms with Gasteiger partial charge < -0.3 is 35.9 Å². The minimum absolute atomic E-state index is 0. The fourth-order valence-electron chi connectivity index (χ4n) is 6.88. The highest BCUT2D eigenvalue weighted by atomic mass is 35.5. The summed E-state index contributed by atoms with van der Waals surface area (Å²) in [6.45, 7) is 7.61. The maximum atomic E-state index is 14.8. The maximum Gasteiger partial charge on any atom is 0.231 e. The molecule has 50 heavy (non-hydrogen) atoms. The molecule has 0 radical (unpaired) electrons. The minimum Gasteiger partial charge on any atom is -1.00 e. The lowest BCUT2D eigenvalue weighted by Crippen LogP contribution is -3.00. The Bertz CT molecular complexity index is 2240. The summed E-state index contributed by atoms with van der Waals surface area (Å²) in [5.41, 5.74) is 8.30. The fraction of sp³-hybridized carbons (Fsp3) is 0.282. The second-order valence-electron chi connectivity index (χ2n) is 12.8.